The van der Waals surface area contributed by atoms with Crippen LogP contribution in [0.3, 0.4) is 0 Å². The third kappa shape index (κ3) is 6.40. The zero-order valence-corrected chi connectivity index (χ0v) is 10.4. The zero-order chi connectivity index (χ0) is 14.3. The predicted molar refractivity (Wildman–Crippen MR) is 61.5 cm³/mol. The van der Waals surface area contributed by atoms with Gasteiger partial charge in [-0.3, -0.25) is 0 Å². The lowest BCUT2D eigenvalue weighted by atomic mass is 10.2. The van der Waals surface area contributed by atoms with Crippen molar-refractivity contribution in [2.75, 3.05) is 26.9 Å². The Kier molecular flexibility index (Phi) is 6.04. The SMILES string of the molecule is COc1ccc(CNCCOCC(F)(F)F)cc1F. The summed E-state index contributed by atoms with van der Waals surface area (Å²) in [6.45, 7) is -0.718. The lowest BCUT2D eigenvalue weighted by molar-refractivity contribution is -0.173. The molecule has 0 atom stereocenters. The molecule has 1 rings (SSSR count). The van der Waals surface area contributed by atoms with Crippen molar-refractivity contribution in [3.8, 4) is 5.75 Å². The van der Waals surface area contributed by atoms with Gasteiger partial charge in [0.15, 0.2) is 11.6 Å². The highest BCUT2D eigenvalue weighted by molar-refractivity contribution is 5.29. The molecule has 0 unspecified atom stereocenters. The van der Waals surface area contributed by atoms with Gasteiger partial charge < -0.3 is 14.8 Å². The molecule has 0 fully saturated rings. The number of methoxy groups -OCH3 is 1. The van der Waals surface area contributed by atoms with Gasteiger partial charge in [0.1, 0.15) is 6.61 Å². The molecule has 19 heavy (non-hydrogen) atoms. The van der Waals surface area contributed by atoms with Gasteiger partial charge in [0.25, 0.3) is 0 Å². The number of ether oxygens (including phenoxy) is 2. The van der Waals surface area contributed by atoms with Crippen LogP contribution >= 0.6 is 0 Å². The summed E-state index contributed by atoms with van der Waals surface area (Å²) in [7, 11) is 1.37. The molecule has 0 amide bonds. The second-order valence-corrected chi connectivity index (χ2v) is 3.81. The summed E-state index contributed by atoms with van der Waals surface area (Å²) in [6.07, 6.45) is -4.31. The van der Waals surface area contributed by atoms with Gasteiger partial charge in [-0.15, -0.1) is 0 Å². The molecule has 0 aliphatic heterocycles. The van der Waals surface area contributed by atoms with Crippen molar-refractivity contribution in [2.45, 2.75) is 12.7 Å². The Morgan fingerprint density at radius 2 is 2.00 bits per heavy atom. The molecule has 1 aromatic rings. The van der Waals surface area contributed by atoms with Crippen LogP contribution in [-0.4, -0.2) is 33.0 Å². The standard InChI is InChI=1S/C12H15F4NO2/c1-18-11-3-2-9(6-10(11)13)7-17-4-5-19-8-12(14,15)16/h2-3,6,17H,4-5,7-8H2,1H3. The van der Waals surface area contributed by atoms with E-state index >= 15 is 0 Å². The summed E-state index contributed by atoms with van der Waals surface area (Å²) in [5.41, 5.74) is 0.675. The summed E-state index contributed by atoms with van der Waals surface area (Å²) in [5, 5.41) is 2.85. The second kappa shape index (κ2) is 7.30. The first kappa shape index (κ1) is 15.7. The van der Waals surface area contributed by atoms with Crippen molar-refractivity contribution < 1.29 is 27.0 Å². The van der Waals surface area contributed by atoms with Crippen LogP contribution in [-0.2, 0) is 11.3 Å². The number of hydrogen-bond acceptors (Lipinski definition) is 3. The van der Waals surface area contributed by atoms with Crippen LogP contribution in [0.15, 0.2) is 18.2 Å². The van der Waals surface area contributed by atoms with Crippen LogP contribution in [0.2, 0.25) is 0 Å². The number of hydrogen-bond donors (Lipinski definition) is 1. The molecule has 0 radical (unpaired) electrons. The van der Waals surface area contributed by atoms with E-state index in [0.29, 0.717) is 12.1 Å². The van der Waals surface area contributed by atoms with Crippen LogP contribution in [0.1, 0.15) is 5.56 Å². The van der Waals surface area contributed by atoms with E-state index in [-0.39, 0.29) is 18.9 Å². The first-order valence-electron chi connectivity index (χ1n) is 5.60. The maximum atomic E-state index is 13.3. The minimum Gasteiger partial charge on any atom is -0.494 e. The number of rotatable bonds is 7. The van der Waals surface area contributed by atoms with E-state index in [1.807, 2.05) is 0 Å². The molecule has 0 aliphatic carbocycles. The smallest absolute Gasteiger partial charge is 0.411 e. The molecule has 7 heteroatoms. The van der Waals surface area contributed by atoms with Crippen LogP contribution < -0.4 is 10.1 Å². The molecule has 0 bridgehead atoms. The quantitative estimate of drug-likeness (QED) is 0.615. The Labute approximate surface area is 108 Å². The van der Waals surface area contributed by atoms with E-state index in [1.54, 1.807) is 6.07 Å². The van der Waals surface area contributed by atoms with Crippen molar-refractivity contribution in [3.05, 3.63) is 29.6 Å². The van der Waals surface area contributed by atoms with Crippen LogP contribution in [0.5, 0.6) is 5.75 Å². The minimum atomic E-state index is -4.31. The van der Waals surface area contributed by atoms with Crippen molar-refractivity contribution in [3.63, 3.8) is 0 Å². The van der Waals surface area contributed by atoms with Gasteiger partial charge in [-0.25, -0.2) is 4.39 Å². The second-order valence-electron chi connectivity index (χ2n) is 3.81. The molecule has 0 heterocycles. The van der Waals surface area contributed by atoms with E-state index in [1.165, 1.54) is 19.2 Å². The van der Waals surface area contributed by atoms with E-state index in [9.17, 15) is 17.6 Å². The maximum Gasteiger partial charge on any atom is 0.411 e. The maximum absolute atomic E-state index is 13.3. The molecule has 1 N–H and O–H groups in total. The van der Waals surface area contributed by atoms with Crippen LogP contribution in [0.4, 0.5) is 17.6 Å². The lowest BCUT2D eigenvalue weighted by Crippen LogP contribution is -2.23. The largest absolute Gasteiger partial charge is 0.494 e. The molecule has 1 aromatic carbocycles. The number of benzene rings is 1. The fraction of sp³-hybridized carbons (Fsp3) is 0.500. The van der Waals surface area contributed by atoms with E-state index in [4.69, 9.17) is 4.74 Å². The lowest BCUT2D eigenvalue weighted by Gasteiger charge is -2.09. The van der Waals surface area contributed by atoms with Gasteiger partial charge in [0, 0.05) is 13.1 Å². The van der Waals surface area contributed by atoms with Crippen LogP contribution in [0.25, 0.3) is 0 Å². The predicted octanol–water partition coefficient (Wildman–Crippen LogP) is 2.50. The molecule has 3 nitrogen and oxygen atoms in total. The Bertz CT molecular complexity index is 396. The molecule has 108 valence electrons. The van der Waals surface area contributed by atoms with E-state index in [2.05, 4.69) is 10.1 Å². The van der Waals surface area contributed by atoms with E-state index < -0.39 is 18.6 Å². The number of nitrogens with one attached hydrogen (secondary N) is 1. The van der Waals surface area contributed by atoms with Gasteiger partial charge in [0.2, 0.25) is 0 Å². The third-order valence-corrected chi connectivity index (χ3v) is 2.23. The Morgan fingerprint density at radius 1 is 1.26 bits per heavy atom. The summed E-state index contributed by atoms with van der Waals surface area (Å²) in [6, 6.07) is 4.47. The van der Waals surface area contributed by atoms with Gasteiger partial charge in [-0.05, 0) is 17.7 Å². The average Bonchev–Trinajstić information content (AvgIpc) is 2.32. The van der Waals surface area contributed by atoms with E-state index in [0.717, 1.165) is 0 Å². The van der Waals surface area contributed by atoms with Crippen LogP contribution in [0, 0.1) is 5.82 Å². The molecule has 0 spiro atoms. The zero-order valence-electron chi connectivity index (χ0n) is 10.4. The average molecular weight is 281 g/mol. The monoisotopic (exact) mass is 281 g/mol. The highest BCUT2D eigenvalue weighted by Gasteiger charge is 2.27. The molecule has 0 aliphatic rings. The molecular weight excluding hydrogens is 266 g/mol. The highest BCUT2D eigenvalue weighted by Crippen LogP contribution is 2.17. The normalized spacial score (nSPS) is 11.6. The Hall–Kier alpha value is -1.34. The molecule has 0 saturated carbocycles. The third-order valence-electron chi connectivity index (χ3n) is 2.23. The van der Waals surface area contributed by atoms with Gasteiger partial charge in [-0.1, -0.05) is 6.07 Å². The minimum absolute atomic E-state index is 0.0574. The summed E-state index contributed by atoms with van der Waals surface area (Å²) in [4.78, 5) is 0. The molecular formula is C12H15F4NO2. The summed E-state index contributed by atoms with van der Waals surface area (Å²) >= 11 is 0. The summed E-state index contributed by atoms with van der Waals surface area (Å²) < 4.78 is 57.7. The molecule has 0 aromatic heterocycles. The van der Waals surface area contributed by atoms with Gasteiger partial charge >= 0.3 is 6.18 Å². The van der Waals surface area contributed by atoms with Crippen molar-refractivity contribution >= 4 is 0 Å². The molecule has 0 saturated heterocycles. The fourth-order valence-electron chi connectivity index (χ4n) is 1.38. The summed E-state index contributed by atoms with van der Waals surface area (Å²) in [5.74, 6) is -0.326. The fourth-order valence-corrected chi connectivity index (χ4v) is 1.38. The van der Waals surface area contributed by atoms with Crippen molar-refractivity contribution in [1.82, 2.24) is 5.32 Å². The Balaban J connectivity index is 2.21. The highest BCUT2D eigenvalue weighted by atomic mass is 19.4. The van der Waals surface area contributed by atoms with Gasteiger partial charge in [0.05, 0.1) is 13.7 Å². The van der Waals surface area contributed by atoms with Crippen molar-refractivity contribution in [2.24, 2.45) is 0 Å². The first-order valence-corrected chi connectivity index (χ1v) is 5.60. The Morgan fingerprint density at radius 3 is 2.58 bits per heavy atom. The number of alkyl halides is 3. The van der Waals surface area contributed by atoms with Gasteiger partial charge in [-0.2, -0.15) is 13.2 Å². The van der Waals surface area contributed by atoms with Crippen molar-refractivity contribution in [1.29, 1.82) is 0 Å². The topological polar surface area (TPSA) is 30.5 Å². The number of halogens is 4. The first-order chi connectivity index (χ1) is 8.92.